The van der Waals surface area contributed by atoms with Crippen molar-refractivity contribution in [3.63, 3.8) is 0 Å². The number of carbonyl (C=O) groups excluding carboxylic acids is 1. The van der Waals surface area contributed by atoms with Gasteiger partial charge in [-0.25, -0.2) is 0 Å². The number of nitrogens with zero attached hydrogens (tertiary/aromatic N) is 3. The maximum atomic E-state index is 12.7. The standard InChI is InChI=1S/C18H30N4O/c1-13-10-14(2)22(20-13)12-15-6-8-21(9-7-15)18(23)16-4-3-5-17(19)11-16/h10,15-17H,3-9,11-12,19H2,1-2H3/t16-,17+/m1/s1. The van der Waals surface area contributed by atoms with E-state index in [0.717, 1.165) is 63.9 Å². The third-order valence-electron chi connectivity index (χ3n) is 5.52. The summed E-state index contributed by atoms with van der Waals surface area (Å²) in [6, 6.07) is 2.35. The van der Waals surface area contributed by atoms with Gasteiger partial charge in [-0.1, -0.05) is 6.42 Å². The fourth-order valence-corrected chi connectivity index (χ4v) is 4.15. The van der Waals surface area contributed by atoms with Gasteiger partial charge in [-0.2, -0.15) is 5.10 Å². The molecule has 1 amide bonds. The Kier molecular flexibility index (Phi) is 5.05. The summed E-state index contributed by atoms with van der Waals surface area (Å²) in [6.07, 6.45) is 6.26. The molecule has 1 saturated carbocycles. The number of hydrogen-bond donors (Lipinski definition) is 1. The van der Waals surface area contributed by atoms with E-state index in [4.69, 9.17) is 5.73 Å². The van der Waals surface area contributed by atoms with Gasteiger partial charge in [0.05, 0.1) is 5.69 Å². The zero-order valence-corrected chi connectivity index (χ0v) is 14.5. The van der Waals surface area contributed by atoms with E-state index in [2.05, 4.69) is 27.7 Å². The Bertz CT molecular complexity index is 545. The molecule has 0 bridgehead atoms. The molecule has 3 rings (SSSR count). The van der Waals surface area contributed by atoms with Crippen LogP contribution in [0.3, 0.4) is 0 Å². The maximum Gasteiger partial charge on any atom is 0.225 e. The van der Waals surface area contributed by atoms with Crippen molar-refractivity contribution < 1.29 is 4.79 Å². The van der Waals surface area contributed by atoms with Gasteiger partial charge in [0, 0.05) is 37.3 Å². The first kappa shape index (κ1) is 16.5. The van der Waals surface area contributed by atoms with E-state index in [1.165, 1.54) is 5.69 Å². The molecule has 1 aliphatic carbocycles. The molecule has 0 spiro atoms. The minimum absolute atomic E-state index is 0.173. The number of rotatable bonds is 3. The van der Waals surface area contributed by atoms with Crippen molar-refractivity contribution in [3.05, 3.63) is 17.5 Å². The summed E-state index contributed by atoms with van der Waals surface area (Å²) < 4.78 is 2.12. The van der Waals surface area contributed by atoms with Gasteiger partial charge in [0.15, 0.2) is 0 Å². The summed E-state index contributed by atoms with van der Waals surface area (Å²) in [6.45, 7) is 6.93. The van der Waals surface area contributed by atoms with Crippen LogP contribution in [0.5, 0.6) is 0 Å². The van der Waals surface area contributed by atoms with Crippen LogP contribution in [0.15, 0.2) is 6.07 Å². The topological polar surface area (TPSA) is 64.2 Å². The van der Waals surface area contributed by atoms with Gasteiger partial charge in [-0.15, -0.1) is 0 Å². The van der Waals surface area contributed by atoms with Crippen LogP contribution in [0.1, 0.15) is 49.9 Å². The van der Waals surface area contributed by atoms with E-state index in [1.807, 2.05) is 6.92 Å². The van der Waals surface area contributed by atoms with Crippen molar-refractivity contribution in [1.82, 2.24) is 14.7 Å². The number of nitrogens with two attached hydrogens (primary N) is 1. The van der Waals surface area contributed by atoms with Crippen LogP contribution < -0.4 is 5.73 Å². The van der Waals surface area contributed by atoms with Crippen LogP contribution in [0.25, 0.3) is 0 Å². The van der Waals surface area contributed by atoms with E-state index < -0.39 is 0 Å². The molecule has 1 aliphatic heterocycles. The fraction of sp³-hybridized carbons (Fsp3) is 0.778. The summed E-state index contributed by atoms with van der Waals surface area (Å²) in [5.74, 6) is 1.15. The summed E-state index contributed by atoms with van der Waals surface area (Å²) in [5, 5.41) is 4.56. The first-order chi connectivity index (χ1) is 11.0. The molecule has 2 N–H and O–H groups in total. The van der Waals surface area contributed by atoms with E-state index in [-0.39, 0.29) is 12.0 Å². The molecule has 0 aromatic carbocycles. The average Bonchev–Trinajstić information content (AvgIpc) is 2.85. The summed E-state index contributed by atoms with van der Waals surface area (Å²) in [7, 11) is 0. The van der Waals surface area contributed by atoms with Gasteiger partial charge in [0.1, 0.15) is 0 Å². The molecule has 2 fully saturated rings. The van der Waals surface area contributed by atoms with E-state index in [9.17, 15) is 4.79 Å². The minimum Gasteiger partial charge on any atom is -0.342 e. The van der Waals surface area contributed by atoms with Gasteiger partial charge in [-0.05, 0) is 57.9 Å². The lowest BCUT2D eigenvalue weighted by molar-refractivity contribution is -0.138. The Morgan fingerprint density at radius 3 is 2.61 bits per heavy atom. The lowest BCUT2D eigenvalue weighted by Crippen LogP contribution is -2.44. The second-order valence-electron chi connectivity index (χ2n) is 7.50. The highest BCUT2D eigenvalue weighted by Gasteiger charge is 2.31. The van der Waals surface area contributed by atoms with Crippen LogP contribution >= 0.6 is 0 Å². The first-order valence-corrected chi connectivity index (χ1v) is 9.08. The van der Waals surface area contributed by atoms with Crippen LogP contribution in [0, 0.1) is 25.7 Å². The number of aryl methyl sites for hydroxylation is 2. The highest BCUT2D eigenvalue weighted by molar-refractivity contribution is 5.79. The molecule has 2 aliphatic rings. The molecular weight excluding hydrogens is 288 g/mol. The van der Waals surface area contributed by atoms with Gasteiger partial charge < -0.3 is 10.6 Å². The van der Waals surface area contributed by atoms with Crippen molar-refractivity contribution in [2.75, 3.05) is 13.1 Å². The highest BCUT2D eigenvalue weighted by atomic mass is 16.2. The Labute approximate surface area is 139 Å². The van der Waals surface area contributed by atoms with E-state index >= 15 is 0 Å². The van der Waals surface area contributed by atoms with Crippen molar-refractivity contribution in [3.8, 4) is 0 Å². The highest BCUT2D eigenvalue weighted by Crippen LogP contribution is 2.27. The molecule has 1 aromatic rings. The molecule has 128 valence electrons. The molecule has 5 heteroatoms. The Balaban J connectivity index is 1.50. The summed E-state index contributed by atoms with van der Waals surface area (Å²) >= 11 is 0. The zero-order chi connectivity index (χ0) is 16.4. The normalized spacial score (nSPS) is 26.5. The Hall–Kier alpha value is -1.36. The van der Waals surface area contributed by atoms with Crippen LogP contribution in [0.2, 0.25) is 0 Å². The first-order valence-electron chi connectivity index (χ1n) is 9.08. The van der Waals surface area contributed by atoms with Crippen molar-refractivity contribution in [2.24, 2.45) is 17.6 Å². The molecule has 1 saturated heterocycles. The minimum atomic E-state index is 0.173. The average molecular weight is 318 g/mol. The number of piperidine rings is 1. The quantitative estimate of drug-likeness (QED) is 0.930. The van der Waals surface area contributed by atoms with Gasteiger partial charge in [0.2, 0.25) is 5.91 Å². The Morgan fingerprint density at radius 2 is 2.00 bits per heavy atom. The van der Waals surface area contributed by atoms with Crippen LogP contribution in [-0.4, -0.2) is 39.7 Å². The van der Waals surface area contributed by atoms with Crippen molar-refractivity contribution >= 4 is 5.91 Å². The molecule has 0 unspecified atom stereocenters. The molecule has 0 radical (unpaired) electrons. The largest absolute Gasteiger partial charge is 0.342 e. The maximum absolute atomic E-state index is 12.7. The van der Waals surface area contributed by atoms with Crippen molar-refractivity contribution in [1.29, 1.82) is 0 Å². The summed E-state index contributed by atoms with van der Waals surface area (Å²) in [4.78, 5) is 14.8. The van der Waals surface area contributed by atoms with Gasteiger partial charge in [-0.3, -0.25) is 9.48 Å². The zero-order valence-electron chi connectivity index (χ0n) is 14.5. The van der Waals surface area contributed by atoms with E-state index in [0.29, 0.717) is 11.8 Å². The molecule has 23 heavy (non-hydrogen) atoms. The fourth-order valence-electron chi connectivity index (χ4n) is 4.15. The SMILES string of the molecule is Cc1cc(C)n(CC2CCN(C(=O)[C@@H]3CCC[C@H](N)C3)CC2)n1. The number of aromatic nitrogens is 2. The third kappa shape index (κ3) is 3.94. The van der Waals surface area contributed by atoms with Gasteiger partial charge in [0.25, 0.3) is 0 Å². The Morgan fingerprint density at radius 1 is 1.26 bits per heavy atom. The van der Waals surface area contributed by atoms with E-state index in [1.54, 1.807) is 0 Å². The monoisotopic (exact) mass is 318 g/mol. The molecular formula is C18H30N4O. The predicted molar refractivity (Wildman–Crippen MR) is 90.9 cm³/mol. The molecule has 2 atom stereocenters. The van der Waals surface area contributed by atoms with Crippen LogP contribution in [-0.2, 0) is 11.3 Å². The lowest BCUT2D eigenvalue weighted by Gasteiger charge is -2.36. The van der Waals surface area contributed by atoms with Crippen molar-refractivity contribution in [2.45, 2.75) is 65.0 Å². The number of hydrogen-bond acceptors (Lipinski definition) is 3. The number of carbonyl (C=O) groups is 1. The third-order valence-corrected chi connectivity index (χ3v) is 5.52. The predicted octanol–water partition coefficient (Wildman–Crippen LogP) is 2.26. The van der Waals surface area contributed by atoms with Crippen LogP contribution in [0.4, 0.5) is 0 Å². The molecule has 1 aromatic heterocycles. The molecule has 5 nitrogen and oxygen atoms in total. The number of amides is 1. The van der Waals surface area contributed by atoms with Gasteiger partial charge >= 0.3 is 0 Å². The summed E-state index contributed by atoms with van der Waals surface area (Å²) in [5.41, 5.74) is 8.36. The second-order valence-corrected chi connectivity index (χ2v) is 7.50. The second kappa shape index (κ2) is 7.04. The smallest absolute Gasteiger partial charge is 0.225 e. The number of likely N-dealkylation sites (tertiary alicyclic amines) is 1. The molecule has 2 heterocycles. The lowest BCUT2D eigenvalue weighted by atomic mass is 9.84.